The molecule has 0 atom stereocenters. The molecule has 0 aliphatic rings. The van der Waals surface area contributed by atoms with E-state index in [2.05, 4.69) is 10.6 Å². The number of benzene rings is 1. The minimum atomic E-state index is -0.291. The van der Waals surface area contributed by atoms with Crippen LogP contribution >= 0.6 is 11.3 Å². The lowest BCUT2D eigenvalue weighted by Gasteiger charge is -2.06. The second kappa shape index (κ2) is 6.61. The molecular weight excluding hydrogens is 260 g/mol. The van der Waals surface area contributed by atoms with E-state index < -0.39 is 0 Å². The van der Waals surface area contributed by atoms with Crippen LogP contribution in [-0.4, -0.2) is 13.1 Å². The fourth-order valence-corrected chi connectivity index (χ4v) is 2.07. The van der Waals surface area contributed by atoms with Crippen LogP contribution in [0.3, 0.4) is 0 Å². The maximum atomic E-state index is 11.6. The highest BCUT2D eigenvalue weighted by atomic mass is 32.1. The summed E-state index contributed by atoms with van der Waals surface area (Å²) < 4.78 is 5.08. The molecule has 98 valence electrons. The minimum absolute atomic E-state index is 0.291. The number of methoxy groups -OCH3 is 1. The first kappa shape index (κ1) is 13.2. The predicted octanol–water partition coefficient (Wildman–Crippen LogP) is 3.55. The summed E-state index contributed by atoms with van der Waals surface area (Å²) in [6.45, 7) is 0. The average Bonchev–Trinajstić information content (AvgIpc) is 2.92. The highest BCUT2D eigenvalue weighted by Gasteiger charge is 2.00. The Kier molecular flexibility index (Phi) is 4.58. The SMILES string of the molecule is COc1cccc(NC(=O)N/C=C/c2cccs2)c1. The van der Waals surface area contributed by atoms with E-state index in [0.717, 1.165) is 4.88 Å². The standard InChI is InChI=1S/C14H14N2O2S/c1-18-12-5-2-4-11(10-12)16-14(17)15-8-7-13-6-3-9-19-13/h2-10H,1H3,(H2,15,16,17)/b8-7+. The van der Waals surface area contributed by atoms with Gasteiger partial charge in [-0.25, -0.2) is 4.79 Å². The Morgan fingerprint density at radius 3 is 2.95 bits per heavy atom. The van der Waals surface area contributed by atoms with Crippen LogP contribution in [0.5, 0.6) is 5.75 Å². The maximum Gasteiger partial charge on any atom is 0.323 e. The molecule has 0 spiro atoms. The van der Waals surface area contributed by atoms with Crippen molar-refractivity contribution in [2.45, 2.75) is 0 Å². The summed E-state index contributed by atoms with van der Waals surface area (Å²) in [5.74, 6) is 0.701. The van der Waals surface area contributed by atoms with Crippen LogP contribution in [0.4, 0.5) is 10.5 Å². The molecule has 2 amide bonds. The van der Waals surface area contributed by atoms with Crippen molar-refractivity contribution < 1.29 is 9.53 Å². The fourth-order valence-electron chi connectivity index (χ4n) is 1.45. The lowest BCUT2D eigenvalue weighted by molar-refractivity contribution is 0.255. The summed E-state index contributed by atoms with van der Waals surface area (Å²) in [4.78, 5) is 12.7. The molecule has 0 radical (unpaired) electrons. The lowest BCUT2D eigenvalue weighted by atomic mass is 10.3. The number of rotatable bonds is 4. The molecule has 2 rings (SSSR count). The molecule has 4 nitrogen and oxygen atoms in total. The van der Waals surface area contributed by atoms with Gasteiger partial charge in [-0.15, -0.1) is 11.3 Å². The van der Waals surface area contributed by atoms with E-state index in [-0.39, 0.29) is 6.03 Å². The van der Waals surface area contributed by atoms with Crippen molar-refractivity contribution in [3.8, 4) is 5.75 Å². The maximum absolute atomic E-state index is 11.6. The van der Waals surface area contributed by atoms with Crippen LogP contribution in [0.15, 0.2) is 48.0 Å². The molecule has 1 aromatic heterocycles. The van der Waals surface area contributed by atoms with Crippen LogP contribution in [-0.2, 0) is 0 Å². The Balaban J connectivity index is 1.87. The number of anilines is 1. The lowest BCUT2D eigenvalue weighted by Crippen LogP contribution is -2.23. The highest BCUT2D eigenvalue weighted by molar-refractivity contribution is 7.10. The summed E-state index contributed by atoms with van der Waals surface area (Å²) in [6, 6.07) is 10.8. The van der Waals surface area contributed by atoms with Crippen LogP contribution in [0.25, 0.3) is 6.08 Å². The van der Waals surface area contributed by atoms with Crippen LogP contribution in [0.2, 0.25) is 0 Å². The van der Waals surface area contributed by atoms with Crippen molar-refractivity contribution >= 4 is 29.1 Å². The molecule has 0 aliphatic heterocycles. The topological polar surface area (TPSA) is 50.4 Å². The van der Waals surface area contributed by atoms with Gasteiger partial charge in [-0.2, -0.15) is 0 Å². The van der Waals surface area contributed by atoms with Gasteiger partial charge in [0.25, 0.3) is 0 Å². The van der Waals surface area contributed by atoms with Gasteiger partial charge in [0.2, 0.25) is 0 Å². The highest BCUT2D eigenvalue weighted by Crippen LogP contribution is 2.16. The third-order valence-electron chi connectivity index (χ3n) is 2.33. The van der Waals surface area contributed by atoms with E-state index in [1.807, 2.05) is 35.7 Å². The second-order valence-corrected chi connectivity index (χ2v) is 4.66. The number of amides is 2. The van der Waals surface area contributed by atoms with Crippen molar-refractivity contribution in [2.24, 2.45) is 0 Å². The number of urea groups is 1. The van der Waals surface area contributed by atoms with E-state index in [1.165, 1.54) is 0 Å². The molecule has 19 heavy (non-hydrogen) atoms. The van der Waals surface area contributed by atoms with Crippen LogP contribution in [0, 0.1) is 0 Å². The summed E-state index contributed by atoms with van der Waals surface area (Å²) in [7, 11) is 1.59. The first-order chi connectivity index (χ1) is 9.28. The van der Waals surface area contributed by atoms with Gasteiger partial charge in [-0.1, -0.05) is 12.1 Å². The molecule has 2 N–H and O–H groups in total. The van der Waals surface area contributed by atoms with E-state index >= 15 is 0 Å². The number of hydrogen-bond donors (Lipinski definition) is 2. The number of thiophene rings is 1. The Bertz CT molecular complexity index is 565. The number of hydrogen-bond acceptors (Lipinski definition) is 3. The van der Waals surface area contributed by atoms with Crippen LogP contribution in [0.1, 0.15) is 4.88 Å². The molecule has 2 aromatic rings. The molecule has 0 saturated carbocycles. The van der Waals surface area contributed by atoms with Crippen molar-refractivity contribution in [1.29, 1.82) is 0 Å². The molecule has 0 saturated heterocycles. The zero-order valence-electron chi connectivity index (χ0n) is 10.4. The van der Waals surface area contributed by atoms with E-state index in [9.17, 15) is 4.79 Å². The average molecular weight is 274 g/mol. The van der Waals surface area contributed by atoms with Gasteiger partial charge in [0.05, 0.1) is 7.11 Å². The summed E-state index contributed by atoms with van der Waals surface area (Å²) in [6.07, 6.45) is 3.46. The first-order valence-electron chi connectivity index (χ1n) is 5.69. The Morgan fingerprint density at radius 2 is 2.21 bits per heavy atom. The first-order valence-corrected chi connectivity index (χ1v) is 6.57. The third kappa shape index (κ3) is 4.15. The predicted molar refractivity (Wildman–Crippen MR) is 78.5 cm³/mol. The zero-order valence-corrected chi connectivity index (χ0v) is 11.2. The molecule has 0 aliphatic carbocycles. The zero-order chi connectivity index (χ0) is 13.5. The van der Waals surface area contributed by atoms with E-state index in [1.54, 1.807) is 36.8 Å². The molecule has 5 heteroatoms. The van der Waals surface area contributed by atoms with Crippen molar-refractivity contribution in [2.75, 3.05) is 12.4 Å². The summed E-state index contributed by atoms with van der Waals surface area (Å²) >= 11 is 1.61. The number of carbonyl (C=O) groups excluding carboxylic acids is 1. The molecule has 0 bridgehead atoms. The Hall–Kier alpha value is -2.27. The molecule has 0 unspecified atom stereocenters. The monoisotopic (exact) mass is 274 g/mol. The Labute approximate surface area is 115 Å². The summed E-state index contributed by atoms with van der Waals surface area (Å²) in [5.41, 5.74) is 0.682. The molecular formula is C14H14N2O2S. The van der Waals surface area contributed by atoms with Crippen molar-refractivity contribution in [3.05, 3.63) is 52.9 Å². The van der Waals surface area contributed by atoms with Gasteiger partial charge in [-0.05, 0) is 29.7 Å². The van der Waals surface area contributed by atoms with Gasteiger partial charge >= 0.3 is 6.03 Å². The molecule has 1 aromatic carbocycles. The third-order valence-corrected chi connectivity index (χ3v) is 3.17. The van der Waals surface area contributed by atoms with Gasteiger partial charge in [0, 0.05) is 22.8 Å². The van der Waals surface area contributed by atoms with Gasteiger partial charge in [0.15, 0.2) is 0 Å². The summed E-state index contributed by atoms with van der Waals surface area (Å²) in [5, 5.41) is 7.34. The quantitative estimate of drug-likeness (QED) is 0.895. The van der Waals surface area contributed by atoms with E-state index in [0.29, 0.717) is 11.4 Å². The molecule has 1 heterocycles. The second-order valence-electron chi connectivity index (χ2n) is 3.68. The normalized spacial score (nSPS) is 10.4. The number of ether oxygens (including phenoxy) is 1. The Morgan fingerprint density at radius 1 is 1.32 bits per heavy atom. The van der Waals surface area contributed by atoms with Gasteiger partial charge < -0.3 is 15.4 Å². The van der Waals surface area contributed by atoms with Crippen LogP contribution < -0.4 is 15.4 Å². The van der Waals surface area contributed by atoms with E-state index in [4.69, 9.17) is 4.74 Å². The van der Waals surface area contributed by atoms with Crippen molar-refractivity contribution in [1.82, 2.24) is 5.32 Å². The smallest absolute Gasteiger partial charge is 0.323 e. The van der Waals surface area contributed by atoms with Gasteiger partial charge in [0.1, 0.15) is 5.75 Å². The number of nitrogens with one attached hydrogen (secondary N) is 2. The number of carbonyl (C=O) groups is 1. The van der Waals surface area contributed by atoms with Crippen molar-refractivity contribution in [3.63, 3.8) is 0 Å². The fraction of sp³-hybridized carbons (Fsp3) is 0.0714. The largest absolute Gasteiger partial charge is 0.497 e. The minimum Gasteiger partial charge on any atom is -0.497 e. The molecule has 0 fully saturated rings. The van der Waals surface area contributed by atoms with Gasteiger partial charge in [-0.3, -0.25) is 0 Å².